The SMILES string of the molecule is CC(C)C(C)n1nccc1N1CC(C(=O)O)CC1=O. The topological polar surface area (TPSA) is 75.4 Å². The summed E-state index contributed by atoms with van der Waals surface area (Å²) < 4.78 is 1.80. The summed E-state index contributed by atoms with van der Waals surface area (Å²) in [5.74, 6) is -0.615. The number of nitrogens with zero attached hydrogens (tertiary/aromatic N) is 3. The minimum absolute atomic E-state index is 0.0660. The van der Waals surface area contributed by atoms with E-state index in [0.717, 1.165) is 0 Å². The number of aliphatic carboxylic acids is 1. The van der Waals surface area contributed by atoms with Crippen LogP contribution in [0.5, 0.6) is 0 Å². The van der Waals surface area contributed by atoms with Crippen LogP contribution in [-0.4, -0.2) is 33.3 Å². The predicted molar refractivity (Wildman–Crippen MR) is 69.9 cm³/mol. The number of aromatic nitrogens is 2. The van der Waals surface area contributed by atoms with Crippen molar-refractivity contribution in [3.63, 3.8) is 0 Å². The lowest BCUT2D eigenvalue weighted by Gasteiger charge is -2.23. The molecule has 1 fully saturated rings. The third-order valence-corrected chi connectivity index (χ3v) is 3.75. The van der Waals surface area contributed by atoms with Crippen LogP contribution in [0.15, 0.2) is 12.3 Å². The summed E-state index contributed by atoms with van der Waals surface area (Å²) in [6.07, 6.45) is 1.71. The minimum Gasteiger partial charge on any atom is -0.481 e. The molecule has 1 aliphatic rings. The largest absolute Gasteiger partial charge is 0.481 e. The molecule has 1 aliphatic heterocycles. The zero-order valence-corrected chi connectivity index (χ0v) is 11.4. The average Bonchev–Trinajstić information content (AvgIpc) is 2.93. The minimum atomic E-state index is -0.918. The number of carbonyl (C=O) groups excluding carboxylic acids is 1. The Labute approximate surface area is 112 Å². The van der Waals surface area contributed by atoms with E-state index in [1.165, 1.54) is 4.90 Å². The first kappa shape index (κ1) is 13.6. The third kappa shape index (κ3) is 2.47. The van der Waals surface area contributed by atoms with Crippen LogP contribution < -0.4 is 4.90 Å². The number of carbonyl (C=O) groups is 2. The number of carboxylic acid groups (broad SMARTS) is 1. The molecule has 0 bridgehead atoms. The summed E-state index contributed by atoms with van der Waals surface area (Å²) >= 11 is 0. The van der Waals surface area contributed by atoms with Gasteiger partial charge in [0.1, 0.15) is 5.82 Å². The molecule has 0 aliphatic carbocycles. The molecule has 2 unspecified atom stereocenters. The lowest BCUT2D eigenvalue weighted by molar-refractivity contribution is -0.141. The zero-order chi connectivity index (χ0) is 14.2. The zero-order valence-electron chi connectivity index (χ0n) is 11.4. The van der Waals surface area contributed by atoms with E-state index in [0.29, 0.717) is 11.7 Å². The van der Waals surface area contributed by atoms with Crippen LogP contribution in [0.1, 0.15) is 33.2 Å². The van der Waals surface area contributed by atoms with E-state index in [1.807, 2.05) is 6.92 Å². The van der Waals surface area contributed by atoms with E-state index in [4.69, 9.17) is 5.11 Å². The molecule has 19 heavy (non-hydrogen) atoms. The van der Waals surface area contributed by atoms with Gasteiger partial charge in [-0.2, -0.15) is 5.10 Å². The van der Waals surface area contributed by atoms with Crippen molar-refractivity contribution in [3.8, 4) is 0 Å². The van der Waals surface area contributed by atoms with Gasteiger partial charge in [0.05, 0.1) is 18.2 Å². The molecule has 1 N–H and O–H groups in total. The van der Waals surface area contributed by atoms with Crippen molar-refractivity contribution in [1.29, 1.82) is 0 Å². The van der Waals surface area contributed by atoms with Crippen LogP contribution in [0, 0.1) is 11.8 Å². The lowest BCUT2D eigenvalue weighted by atomic mass is 10.1. The second-order valence-electron chi connectivity index (χ2n) is 5.36. The van der Waals surface area contributed by atoms with Gasteiger partial charge in [0, 0.05) is 19.0 Å². The Bertz CT molecular complexity index is 495. The molecule has 1 amide bonds. The predicted octanol–water partition coefficient (Wildman–Crippen LogP) is 1.54. The number of rotatable bonds is 4. The van der Waals surface area contributed by atoms with E-state index in [9.17, 15) is 9.59 Å². The van der Waals surface area contributed by atoms with Crippen LogP contribution in [0.25, 0.3) is 0 Å². The first-order valence-electron chi connectivity index (χ1n) is 6.48. The average molecular weight is 265 g/mol. The molecule has 1 aromatic heterocycles. The fourth-order valence-electron chi connectivity index (χ4n) is 2.21. The van der Waals surface area contributed by atoms with E-state index < -0.39 is 11.9 Å². The highest BCUT2D eigenvalue weighted by Gasteiger charge is 2.36. The van der Waals surface area contributed by atoms with Gasteiger partial charge in [-0.1, -0.05) is 13.8 Å². The number of anilines is 1. The van der Waals surface area contributed by atoms with Crippen LogP contribution in [-0.2, 0) is 9.59 Å². The van der Waals surface area contributed by atoms with E-state index in [1.54, 1.807) is 16.9 Å². The highest BCUT2D eigenvalue weighted by atomic mass is 16.4. The third-order valence-electron chi connectivity index (χ3n) is 3.75. The van der Waals surface area contributed by atoms with Crippen molar-refractivity contribution < 1.29 is 14.7 Å². The smallest absolute Gasteiger partial charge is 0.308 e. The maximum atomic E-state index is 12.0. The molecule has 0 aromatic carbocycles. The van der Waals surface area contributed by atoms with Crippen molar-refractivity contribution >= 4 is 17.7 Å². The van der Waals surface area contributed by atoms with Crippen LogP contribution in [0.3, 0.4) is 0 Å². The molecule has 2 rings (SSSR count). The first-order valence-corrected chi connectivity index (χ1v) is 6.48. The monoisotopic (exact) mass is 265 g/mol. The van der Waals surface area contributed by atoms with Crippen LogP contribution >= 0.6 is 0 Å². The Kier molecular flexibility index (Phi) is 3.59. The molecule has 1 saturated heterocycles. The van der Waals surface area contributed by atoms with Gasteiger partial charge in [-0.05, 0) is 12.8 Å². The molecular formula is C13H19N3O3. The molecule has 0 saturated carbocycles. The van der Waals surface area contributed by atoms with Crippen LogP contribution in [0.4, 0.5) is 5.82 Å². The number of carboxylic acids is 1. The van der Waals surface area contributed by atoms with Crippen molar-refractivity contribution in [3.05, 3.63) is 12.3 Å². The van der Waals surface area contributed by atoms with Crippen molar-refractivity contribution in [2.24, 2.45) is 11.8 Å². The summed E-state index contributed by atoms with van der Waals surface area (Å²) in [5.41, 5.74) is 0. The van der Waals surface area contributed by atoms with Gasteiger partial charge in [-0.15, -0.1) is 0 Å². The number of hydrogen-bond donors (Lipinski definition) is 1. The van der Waals surface area contributed by atoms with Gasteiger partial charge in [0.15, 0.2) is 0 Å². The van der Waals surface area contributed by atoms with Crippen molar-refractivity contribution in [2.45, 2.75) is 33.2 Å². The quantitative estimate of drug-likeness (QED) is 0.896. The Morgan fingerprint density at radius 2 is 2.16 bits per heavy atom. The van der Waals surface area contributed by atoms with E-state index >= 15 is 0 Å². The lowest BCUT2D eigenvalue weighted by Crippen LogP contribution is -2.29. The van der Waals surface area contributed by atoms with Gasteiger partial charge in [0.25, 0.3) is 0 Å². The first-order chi connectivity index (χ1) is 8.91. The van der Waals surface area contributed by atoms with Gasteiger partial charge in [-0.25, -0.2) is 4.68 Å². The molecule has 0 spiro atoms. The highest BCUT2D eigenvalue weighted by Crippen LogP contribution is 2.28. The molecule has 6 heteroatoms. The molecule has 104 valence electrons. The standard InChI is InChI=1S/C13H19N3O3/c1-8(2)9(3)16-11(4-5-14-16)15-7-10(13(18)19)6-12(15)17/h4-5,8-10H,6-7H2,1-3H3,(H,18,19). The maximum Gasteiger partial charge on any atom is 0.308 e. The van der Waals surface area contributed by atoms with Gasteiger partial charge in [0.2, 0.25) is 5.91 Å². The Hall–Kier alpha value is -1.85. The fourth-order valence-corrected chi connectivity index (χ4v) is 2.21. The van der Waals surface area contributed by atoms with Crippen molar-refractivity contribution in [2.75, 3.05) is 11.4 Å². The van der Waals surface area contributed by atoms with Crippen molar-refractivity contribution in [1.82, 2.24) is 9.78 Å². The summed E-state index contributed by atoms with van der Waals surface area (Å²) in [7, 11) is 0. The van der Waals surface area contributed by atoms with E-state index in [-0.39, 0.29) is 24.9 Å². The molecule has 2 atom stereocenters. The highest BCUT2D eigenvalue weighted by molar-refractivity contribution is 5.98. The second-order valence-corrected chi connectivity index (χ2v) is 5.36. The molecule has 2 heterocycles. The molecule has 6 nitrogen and oxygen atoms in total. The molecular weight excluding hydrogens is 246 g/mol. The van der Waals surface area contributed by atoms with Gasteiger partial charge in [-0.3, -0.25) is 14.5 Å². The second kappa shape index (κ2) is 5.03. The van der Waals surface area contributed by atoms with Gasteiger partial charge >= 0.3 is 5.97 Å². The summed E-state index contributed by atoms with van der Waals surface area (Å²) in [5, 5.41) is 13.3. The Morgan fingerprint density at radius 1 is 1.47 bits per heavy atom. The Morgan fingerprint density at radius 3 is 2.68 bits per heavy atom. The Balaban J connectivity index is 2.26. The van der Waals surface area contributed by atoms with Gasteiger partial charge < -0.3 is 5.11 Å². The number of hydrogen-bond acceptors (Lipinski definition) is 3. The summed E-state index contributed by atoms with van der Waals surface area (Å²) in [4.78, 5) is 24.5. The van der Waals surface area contributed by atoms with Crippen LogP contribution in [0.2, 0.25) is 0 Å². The molecule has 1 aromatic rings. The number of amides is 1. The molecule has 0 radical (unpaired) electrons. The maximum absolute atomic E-state index is 12.0. The fraction of sp³-hybridized carbons (Fsp3) is 0.615. The summed E-state index contributed by atoms with van der Waals surface area (Å²) in [6, 6.07) is 1.92. The van der Waals surface area contributed by atoms with E-state index in [2.05, 4.69) is 18.9 Å². The normalized spacial score (nSPS) is 21.2. The summed E-state index contributed by atoms with van der Waals surface area (Å²) in [6.45, 7) is 6.44.